The molecule has 1 aromatic carbocycles. The molecule has 1 aliphatic rings. The Morgan fingerprint density at radius 3 is 2.79 bits per heavy atom. The minimum atomic E-state index is -0.301. The molecule has 2 rings (SSSR count). The number of hydrazine groups is 1. The highest BCUT2D eigenvalue weighted by Gasteiger charge is 2.21. The van der Waals surface area contributed by atoms with E-state index in [0.717, 1.165) is 12.0 Å². The first-order valence-electron chi connectivity index (χ1n) is 8.20. The summed E-state index contributed by atoms with van der Waals surface area (Å²) in [7, 11) is 0. The smallest absolute Gasteiger partial charge is 0.276 e. The lowest BCUT2D eigenvalue weighted by Crippen LogP contribution is -2.52. The third-order valence-corrected chi connectivity index (χ3v) is 4.69. The van der Waals surface area contributed by atoms with Gasteiger partial charge < -0.3 is 10.1 Å². The largest absolute Gasteiger partial charge is 0.483 e. The number of benzene rings is 1. The fourth-order valence-electron chi connectivity index (χ4n) is 2.82. The topological polar surface area (TPSA) is 62.4 Å². The lowest BCUT2D eigenvalue weighted by atomic mass is 9.86. The zero-order valence-electron chi connectivity index (χ0n) is 14.0. The van der Waals surface area contributed by atoms with Gasteiger partial charge in [0.2, 0.25) is 0 Å². The summed E-state index contributed by atoms with van der Waals surface area (Å²) in [4.78, 5) is 11.8. The van der Waals surface area contributed by atoms with Crippen LogP contribution in [0, 0.1) is 12.8 Å². The van der Waals surface area contributed by atoms with E-state index in [2.05, 4.69) is 23.1 Å². The molecule has 0 aromatic heterocycles. The Bertz CT molecular complexity index is 597. The zero-order chi connectivity index (χ0) is 17.5. The summed E-state index contributed by atoms with van der Waals surface area (Å²) in [6, 6.07) is 5.63. The average molecular weight is 370 g/mol. The predicted octanol–water partition coefficient (Wildman–Crippen LogP) is 3.10. The molecule has 24 heavy (non-hydrogen) atoms. The van der Waals surface area contributed by atoms with Crippen LogP contribution in [0.2, 0.25) is 5.02 Å². The van der Waals surface area contributed by atoms with Crippen molar-refractivity contribution in [1.29, 1.82) is 0 Å². The van der Waals surface area contributed by atoms with E-state index in [0.29, 0.717) is 27.8 Å². The number of amides is 1. The number of halogens is 1. The molecular weight excluding hydrogens is 346 g/mol. The van der Waals surface area contributed by atoms with E-state index < -0.39 is 0 Å². The van der Waals surface area contributed by atoms with E-state index in [1.54, 1.807) is 18.2 Å². The number of nitrogens with one attached hydrogen (secondary N) is 3. The molecule has 7 heteroatoms. The predicted molar refractivity (Wildman–Crippen MR) is 100 cm³/mol. The van der Waals surface area contributed by atoms with Gasteiger partial charge >= 0.3 is 0 Å². The number of aryl methyl sites for hydroxylation is 1. The molecule has 3 N–H and O–H groups in total. The van der Waals surface area contributed by atoms with Gasteiger partial charge in [-0.15, -0.1) is 0 Å². The fraction of sp³-hybridized carbons (Fsp3) is 0.529. The highest BCUT2D eigenvalue weighted by molar-refractivity contribution is 7.80. The van der Waals surface area contributed by atoms with Crippen molar-refractivity contribution >= 4 is 34.8 Å². The molecule has 2 atom stereocenters. The van der Waals surface area contributed by atoms with Crippen LogP contribution in [0.15, 0.2) is 18.2 Å². The van der Waals surface area contributed by atoms with Crippen LogP contribution in [-0.2, 0) is 4.79 Å². The molecule has 0 spiro atoms. The monoisotopic (exact) mass is 369 g/mol. The van der Waals surface area contributed by atoms with Gasteiger partial charge in [-0.1, -0.05) is 31.4 Å². The fourth-order valence-corrected chi connectivity index (χ4v) is 3.24. The lowest BCUT2D eigenvalue weighted by molar-refractivity contribution is -0.123. The Morgan fingerprint density at radius 2 is 2.08 bits per heavy atom. The van der Waals surface area contributed by atoms with Gasteiger partial charge in [0.25, 0.3) is 5.91 Å². The molecule has 1 amide bonds. The Hall–Kier alpha value is -1.53. The van der Waals surface area contributed by atoms with Crippen molar-refractivity contribution < 1.29 is 9.53 Å². The highest BCUT2D eigenvalue weighted by Crippen LogP contribution is 2.23. The lowest BCUT2D eigenvalue weighted by Gasteiger charge is -2.30. The van der Waals surface area contributed by atoms with Crippen molar-refractivity contribution in [2.24, 2.45) is 5.92 Å². The Kier molecular flexibility index (Phi) is 7.12. The maximum atomic E-state index is 11.8. The second kappa shape index (κ2) is 9.08. The van der Waals surface area contributed by atoms with E-state index in [4.69, 9.17) is 28.6 Å². The van der Waals surface area contributed by atoms with E-state index in [-0.39, 0.29) is 12.5 Å². The van der Waals surface area contributed by atoms with E-state index in [9.17, 15) is 4.79 Å². The van der Waals surface area contributed by atoms with Crippen molar-refractivity contribution in [2.45, 2.75) is 45.6 Å². The van der Waals surface area contributed by atoms with Crippen LogP contribution in [0.4, 0.5) is 0 Å². The van der Waals surface area contributed by atoms with Crippen LogP contribution in [0.25, 0.3) is 0 Å². The minimum Gasteiger partial charge on any atom is -0.483 e. The molecule has 0 saturated heterocycles. The van der Waals surface area contributed by atoms with Crippen LogP contribution in [-0.4, -0.2) is 23.7 Å². The molecule has 5 nitrogen and oxygen atoms in total. The molecular formula is C17H24ClN3O2S. The summed E-state index contributed by atoms with van der Waals surface area (Å²) < 4.78 is 5.48. The van der Waals surface area contributed by atoms with Crippen LogP contribution >= 0.6 is 23.8 Å². The summed E-state index contributed by atoms with van der Waals surface area (Å²) in [6.07, 6.45) is 4.81. The molecule has 132 valence electrons. The summed E-state index contributed by atoms with van der Waals surface area (Å²) >= 11 is 11.1. The second-order valence-corrected chi connectivity index (χ2v) is 7.06. The number of carbonyl (C=O) groups is 1. The van der Waals surface area contributed by atoms with E-state index in [1.165, 1.54) is 19.3 Å². The van der Waals surface area contributed by atoms with E-state index in [1.807, 2.05) is 6.92 Å². The van der Waals surface area contributed by atoms with Crippen molar-refractivity contribution in [3.05, 3.63) is 28.8 Å². The number of ether oxygens (including phenoxy) is 1. The first-order chi connectivity index (χ1) is 11.5. The molecule has 0 radical (unpaired) electrons. The molecule has 0 heterocycles. The maximum Gasteiger partial charge on any atom is 0.276 e. The Balaban J connectivity index is 1.69. The number of hydrogen-bond acceptors (Lipinski definition) is 3. The van der Waals surface area contributed by atoms with Crippen LogP contribution in [0.5, 0.6) is 5.75 Å². The SMILES string of the molecule is Cc1cc(Cl)ccc1OCC(=O)NNC(=S)N[C@H]1CCCC[C@H]1C. The van der Waals surface area contributed by atoms with Gasteiger partial charge in [0.1, 0.15) is 5.75 Å². The summed E-state index contributed by atoms with van der Waals surface area (Å²) in [5.74, 6) is 0.918. The quantitative estimate of drug-likeness (QED) is 0.562. The van der Waals surface area contributed by atoms with Crippen LogP contribution < -0.4 is 20.9 Å². The summed E-state index contributed by atoms with van der Waals surface area (Å²) in [5, 5.41) is 4.34. The third-order valence-electron chi connectivity index (χ3n) is 4.24. The first-order valence-corrected chi connectivity index (χ1v) is 8.98. The van der Waals surface area contributed by atoms with Gasteiger partial charge in [0.05, 0.1) is 0 Å². The average Bonchev–Trinajstić information content (AvgIpc) is 2.54. The van der Waals surface area contributed by atoms with Gasteiger partial charge in [-0.25, -0.2) is 0 Å². The van der Waals surface area contributed by atoms with Crippen LogP contribution in [0.1, 0.15) is 38.2 Å². The standard InChI is InChI=1S/C17H24ClN3O2S/c1-11-5-3-4-6-14(11)19-17(24)21-20-16(22)10-23-15-8-7-13(18)9-12(15)2/h7-9,11,14H,3-6,10H2,1-2H3,(H,20,22)(H2,19,21,24)/t11-,14+/m1/s1. The highest BCUT2D eigenvalue weighted by atomic mass is 35.5. The molecule has 1 aliphatic carbocycles. The number of thiocarbonyl (C=S) groups is 1. The van der Waals surface area contributed by atoms with Crippen molar-refractivity contribution in [3.8, 4) is 5.75 Å². The molecule has 0 unspecified atom stereocenters. The minimum absolute atomic E-state index is 0.0993. The molecule has 1 saturated carbocycles. The van der Waals surface area contributed by atoms with Gasteiger partial charge in [0.15, 0.2) is 11.7 Å². The van der Waals surface area contributed by atoms with Crippen molar-refractivity contribution in [2.75, 3.05) is 6.61 Å². The third kappa shape index (κ3) is 5.83. The first kappa shape index (κ1) is 18.8. The number of hydrogen-bond donors (Lipinski definition) is 3. The number of rotatable bonds is 4. The van der Waals surface area contributed by atoms with Crippen LogP contribution in [0.3, 0.4) is 0 Å². The molecule has 1 fully saturated rings. The molecule has 1 aromatic rings. The summed E-state index contributed by atoms with van der Waals surface area (Å²) in [6.45, 7) is 4.00. The molecule has 0 aliphatic heterocycles. The normalized spacial score (nSPS) is 20.1. The second-order valence-electron chi connectivity index (χ2n) is 6.21. The Labute approximate surface area is 153 Å². The van der Waals surface area contributed by atoms with Gasteiger partial charge in [-0.05, 0) is 61.7 Å². The van der Waals surface area contributed by atoms with Gasteiger partial charge in [0, 0.05) is 11.1 Å². The maximum absolute atomic E-state index is 11.8. The number of carbonyl (C=O) groups excluding carboxylic acids is 1. The summed E-state index contributed by atoms with van der Waals surface area (Å²) in [5.41, 5.74) is 6.16. The van der Waals surface area contributed by atoms with Gasteiger partial charge in [-0.2, -0.15) is 0 Å². The Morgan fingerprint density at radius 1 is 1.33 bits per heavy atom. The van der Waals surface area contributed by atoms with Crippen molar-refractivity contribution in [3.63, 3.8) is 0 Å². The zero-order valence-corrected chi connectivity index (χ0v) is 15.6. The molecule has 0 bridgehead atoms. The van der Waals surface area contributed by atoms with Crippen molar-refractivity contribution in [1.82, 2.24) is 16.2 Å². The van der Waals surface area contributed by atoms with E-state index >= 15 is 0 Å². The van der Waals surface area contributed by atoms with Gasteiger partial charge in [-0.3, -0.25) is 15.6 Å².